The minimum atomic E-state index is -4.62. The molecular weight excluding hydrogens is 427 g/mol. The van der Waals surface area contributed by atoms with Crippen molar-refractivity contribution in [1.82, 2.24) is 4.98 Å². The molecule has 1 heterocycles. The molecule has 32 heavy (non-hydrogen) atoms. The van der Waals surface area contributed by atoms with E-state index in [2.05, 4.69) is 4.98 Å². The lowest BCUT2D eigenvalue weighted by Gasteiger charge is -2.11. The zero-order valence-electron chi connectivity index (χ0n) is 16.4. The Morgan fingerprint density at radius 2 is 1.97 bits per heavy atom. The topological polar surface area (TPSA) is 109 Å². The predicted molar refractivity (Wildman–Crippen MR) is 109 cm³/mol. The Balaban J connectivity index is 2.16. The molecule has 0 aliphatic heterocycles. The maximum Gasteiger partial charge on any atom is 0.433 e. The molecule has 0 atom stereocenters. The number of aromatic nitrogens is 1. The normalized spacial score (nSPS) is 11.7. The van der Waals surface area contributed by atoms with E-state index < -0.39 is 16.8 Å². The number of pyridine rings is 1. The van der Waals surface area contributed by atoms with Crippen LogP contribution in [0.2, 0.25) is 0 Å². The summed E-state index contributed by atoms with van der Waals surface area (Å²) in [5.41, 5.74) is -0.00662. The molecule has 0 aliphatic carbocycles. The first-order valence-electron chi connectivity index (χ1n) is 8.95. The monoisotopic (exact) mass is 441 g/mol. The summed E-state index contributed by atoms with van der Waals surface area (Å²) in [5.74, 6) is 0.0621. The van der Waals surface area contributed by atoms with E-state index >= 15 is 0 Å². The molecule has 10 heteroatoms. The van der Waals surface area contributed by atoms with Crippen molar-refractivity contribution < 1.29 is 27.9 Å². The van der Waals surface area contributed by atoms with E-state index in [0.717, 1.165) is 18.3 Å². The van der Waals surface area contributed by atoms with Gasteiger partial charge in [-0.1, -0.05) is 6.07 Å². The molecule has 0 saturated heterocycles. The van der Waals surface area contributed by atoms with E-state index in [0.29, 0.717) is 11.1 Å². The number of hydrogen-bond donors (Lipinski definition) is 1. The van der Waals surface area contributed by atoms with Crippen molar-refractivity contribution in [1.29, 1.82) is 5.26 Å². The summed E-state index contributed by atoms with van der Waals surface area (Å²) in [5, 5.41) is 30.6. The number of allylic oxidation sites excluding steroid dienone is 1. The van der Waals surface area contributed by atoms with Crippen LogP contribution in [-0.4, -0.2) is 22.1 Å². The second kappa shape index (κ2) is 8.77. The molecule has 7 nitrogen and oxygen atoms in total. The lowest BCUT2D eigenvalue weighted by atomic mass is 9.96. The van der Waals surface area contributed by atoms with Gasteiger partial charge in [0.15, 0.2) is 11.5 Å². The van der Waals surface area contributed by atoms with Crippen LogP contribution in [0.15, 0.2) is 54.7 Å². The third-order valence-corrected chi connectivity index (χ3v) is 4.52. The van der Waals surface area contributed by atoms with Crippen molar-refractivity contribution in [2.75, 3.05) is 7.11 Å². The Morgan fingerprint density at radius 1 is 1.22 bits per heavy atom. The Kier molecular flexibility index (Phi) is 6.11. The lowest BCUT2D eigenvalue weighted by Crippen LogP contribution is -2.07. The smallest absolute Gasteiger partial charge is 0.433 e. The minimum absolute atomic E-state index is 0.0429. The number of nitro benzene ring substituents is 1. The van der Waals surface area contributed by atoms with E-state index in [1.165, 1.54) is 43.5 Å². The molecule has 0 aliphatic rings. The molecule has 1 N–H and O–H groups in total. The van der Waals surface area contributed by atoms with E-state index in [4.69, 9.17) is 4.74 Å². The molecule has 162 valence electrons. The molecule has 2 aromatic carbocycles. The average Bonchev–Trinajstić information content (AvgIpc) is 2.77. The van der Waals surface area contributed by atoms with Crippen LogP contribution in [0, 0.1) is 21.4 Å². The number of halogens is 3. The molecule has 0 bridgehead atoms. The van der Waals surface area contributed by atoms with Crippen LogP contribution in [0.5, 0.6) is 11.5 Å². The van der Waals surface area contributed by atoms with Crippen LogP contribution in [-0.2, 0) is 6.18 Å². The van der Waals surface area contributed by atoms with Gasteiger partial charge in [0.1, 0.15) is 5.69 Å². The molecule has 0 spiro atoms. The van der Waals surface area contributed by atoms with Crippen molar-refractivity contribution in [3.8, 4) is 28.7 Å². The molecule has 0 fully saturated rings. The van der Waals surface area contributed by atoms with Crippen LogP contribution in [0.3, 0.4) is 0 Å². The van der Waals surface area contributed by atoms with Crippen LogP contribution in [0.25, 0.3) is 22.8 Å². The summed E-state index contributed by atoms with van der Waals surface area (Å²) in [6.07, 6.45) is -2.38. The molecule has 0 saturated carbocycles. The predicted octanol–water partition coefficient (Wildman–Crippen LogP) is 5.45. The maximum atomic E-state index is 12.8. The third kappa shape index (κ3) is 4.67. The van der Waals surface area contributed by atoms with Gasteiger partial charge >= 0.3 is 6.18 Å². The lowest BCUT2D eigenvalue weighted by molar-refractivity contribution is -0.384. The Labute approximate surface area is 179 Å². The quantitative estimate of drug-likeness (QED) is 0.320. The average molecular weight is 441 g/mol. The van der Waals surface area contributed by atoms with Gasteiger partial charge in [-0.2, -0.15) is 18.4 Å². The number of benzene rings is 2. The summed E-state index contributed by atoms with van der Waals surface area (Å²) < 4.78 is 43.4. The number of ether oxygens (including phenoxy) is 1. The molecule has 1 aromatic heterocycles. The highest BCUT2D eigenvalue weighted by atomic mass is 19.4. The van der Waals surface area contributed by atoms with Gasteiger partial charge in [0.05, 0.1) is 23.7 Å². The van der Waals surface area contributed by atoms with Gasteiger partial charge < -0.3 is 9.84 Å². The van der Waals surface area contributed by atoms with Gasteiger partial charge in [0.2, 0.25) is 0 Å². The Morgan fingerprint density at radius 3 is 2.53 bits per heavy atom. The van der Waals surface area contributed by atoms with Gasteiger partial charge in [0, 0.05) is 23.9 Å². The zero-order valence-corrected chi connectivity index (χ0v) is 16.4. The molecule has 0 radical (unpaired) electrons. The minimum Gasteiger partial charge on any atom is -0.504 e. The molecule has 3 aromatic rings. The number of alkyl halides is 3. The number of nitriles is 1. The van der Waals surface area contributed by atoms with Crippen LogP contribution in [0.4, 0.5) is 18.9 Å². The largest absolute Gasteiger partial charge is 0.504 e. The fourth-order valence-electron chi connectivity index (χ4n) is 2.95. The number of nitrogens with zero attached hydrogens (tertiary/aromatic N) is 3. The van der Waals surface area contributed by atoms with Gasteiger partial charge in [-0.05, 0) is 53.1 Å². The Bertz CT molecular complexity index is 1250. The van der Waals surface area contributed by atoms with Gasteiger partial charge in [-0.15, -0.1) is 0 Å². The fourth-order valence-corrected chi connectivity index (χ4v) is 2.95. The van der Waals surface area contributed by atoms with Crippen LogP contribution in [0.1, 0.15) is 16.8 Å². The SMILES string of the molecule is COc1cc(-c2ccc([N+](=O)[O-])cc2/C=C(\C#N)c2ccc(C(F)(F)F)nc2)ccc1O. The summed E-state index contributed by atoms with van der Waals surface area (Å²) in [7, 11) is 1.36. The van der Waals surface area contributed by atoms with E-state index in [1.807, 2.05) is 6.07 Å². The number of phenols is 1. The summed E-state index contributed by atoms with van der Waals surface area (Å²) in [4.78, 5) is 14.0. The van der Waals surface area contributed by atoms with Crippen molar-refractivity contribution in [3.05, 3.63) is 81.7 Å². The summed E-state index contributed by atoms with van der Waals surface area (Å²) in [6, 6.07) is 12.2. The van der Waals surface area contributed by atoms with Crippen molar-refractivity contribution in [2.24, 2.45) is 0 Å². The number of nitro groups is 1. The third-order valence-electron chi connectivity index (χ3n) is 4.52. The van der Waals surface area contributed by atoms with Crippen molar-refractivity contribution in [2.45, 2.75) is 6.18 Å². The second-order valence-electron chi connectivity index (χ2n) is 6.51. The number of phenolic OH excluding ortho intramolecular Hbond substituents is 1. The van der Waals surface area contributed by atoms with Crippen molar-refractivity contribution >= 4 is 17.3 Å². The molecule has 0 unspecified atom stereocenters. The van der Waals surface area contributed by atoms with E-state index in [9.17, 15) is 33.7 Å². The highest BCUT2D eigenvalue weighted by Gasteiger charge is 2.32. The number of non-ortho nitro benzene ring substituents is 1. The molecule has 3 rings (SSSR count). The van der Waals surface area contributed by atoms with Crippen molar-refractivity contribution in [3.63, 3.8) is 0 Å². The number of aromatic hydroxyl groups is 1. The zero-order chi connectivity index (χ0) is 23.5. The molecule has 0 amide bonds. The van der Waals surface area contributed by atoms with E-state index in [1.54, 1.807) is 6.07 Å². The highest BCUT2D eigenvalue weighted by molar-refractivity contribution is 5.93. The van der Waals surface area contributed by atoms with E-state index in [-0.39, 0.29) is 33.9 Å². The van der Waals surface area contributed by atoms with Crippen LogP contribution < -0.4 is 4.74 Å². The fraction of sp³-hybridized carbons (Fsp3) is 0.0909. The van der Waals surface area contributed by atoms with Gasteiger partial charge in [0.25, 0.3) is 5.69 Å². The number of hydrogen-bond acceptors (Lipinski definition) is 6. The second-order valence-corrected chi connectivity index (χ2v) is 6.51. The highest BCUT2D eigenvalue weighted by Crippen LogP contribution is 2.36. The maximum absolute atomic E-state index is 12.8. The number of rotatable bonds is 5. The van der Waals surface area contributed by atoms with Gasteiger partial charge in [-0.25, -0.2) is 0 Å². The first kappa shape index (κ1) is 22.3. The van der Waals surface area contributed by atoms with Crippen LogP contribution >= 0.6 is 0 Å². The summed E-state index contributed by atoms with van der Waals surface area (Å²) >= 11 is 0. The van der Waals surface area contributed by atoms with Gasteiger partial charge in [-0.3, -0.25) is 15.1 Å². The first-order valence-corrected chi connectivity index (χ1v) is 8.95. The standard InChI is InChI=1S/C22H14F3N3O4/c1-32-20-10-13(2-6-19(20)29)18-5-4-17(28(30)31)9-15(18)8-16(11-26)14-3-7-21(27-12-14)22(23,24)25/h2-10,12,29H,1H3/b16-8+. The molecular formula is C22H14F3N3O4. The summed E-state index contributed by atoms with van der Waals surface area (Å²) in [6.45, 7) is 0. The Hall–Kier alpha value is -4.39. The number of methoxy groups -OCH3 is 1. The first-order chi connectivity index (χ1) is 15.1.